The molecule has 5 rings (SSSR count). The third-order valence-corrected chi connectivity index (χ3v) is 6.99. The number of aliphatic hydroxyl groups is 1. The van der Waals surface area contributed by atoms with Crippen molar-refractivity contribution in [2.75, 3.05) is 38.7 Å². The number of aryl methyl sites for hydroxylation is 1. The lowest BCUT2D eigenvalue weighted by molar-refractivity contribution is 0.160. The zero-order valence-electron chi connectivity index (χ0n) is 25.4. The van der Waals surface area contributed by atoms with Crippen LogP contribution in [0, 0.1) is 25.6 Å². The molecule has 2 amide bonds. The Bertz CT molecular complexity index is 1480. The minimum Gasteiger partial charge on any atom is -0.388 e. The number of rotatable bonds is 9. The molecule has 11 heteroatoms. The van der Waals surface area contributed by atoms with E-state index in [4.69, 9.17) is 9.84 Å². The number of hydrogen-bond acceptors (Lipinski definition) is 7. The van der Waals surface area contributed by atoms with Crippen molar-refractivity contribution in [1.29, 1.82) is 0 Å². The highest BCUT2D eigenvalue weighted by Gasteiger charge is 2.25. The highest BCUT2D eigenvalue weighted by atomic mass is 19.1. The van der Waals surface area contributed by atoms with Crippen LogP contribution in [-0.2, 0) is 17.8 Å². The van der Waals surface area contributed by atoms with Gasteiger partial charge in [-0.1, -0.05) is 37.3 Å². The highest BCUT2D eigenvalue weighted by Crippen LogP contribution is 2.30. The molecule has 3 heterocycles. The van der Waals surface area contributed by atoms with Gasteiger partial charge in [-0.15, -0.1) is 12.8 Å². The number of anilines is 1. The number of likely N-dealkylation sites (tertiary alicyclic amines) is 1. The number of benzene rings is 2. The summed E-state index contributed by atoms with van der Waals surface area (Å²) in [6.45, 7) is 6.95. The summed E-state index contributed by atoms with van der Waals surface area (Å²) in [6, 6.07) is 16.1. The summed E-state index contributed by atoms with van der Waals surface area (Å²) < 4.78 is 19.2. The third-order valence-electron chi connectivity index (χ3n) is 6.99. The number of terminal acetylenes is 1. The Labute approximate surface area is 258 Å². The normalized spacial score (nSPS) is 14.1. The predicted octanol–water partition coefficient (Wildman–Crippen LogP) is 4.61. The lowest BCUT2D eigenvalue weighted by Crippen LogP contribution is -2.40. The standard InChI is InChI=1S/C23H29N7O3.C8H9F.C2H2/c1-16-21(17-12-24-20(15-31)25-13-17)28-30(19-6-4-3-5-7-19)22(16)27-23(32)26-18-8-9-29(14-18)10-11-33-2;1-2-7-4-3-5-8(9)6-7;1-2/h3-7,12-13,18,31H,8-11,14-15H2,1-2H3,(H2,26,27,32);3-6H,2H2,1H3;1-2H/t18-;;/m0../s1. The number of aromatic nitrogens is 4. The minimum atomic E-state index is -0.271. The largest absolute Gasteiger partial charge is 0.388 e. The second-order valence-electron chi connectivity index (χ2n) is 9.98. The van der Waals surface area contributed by atoms with Crippen LogP contribution in [-0.4, -0.2) is 75.2 Å². The van der Waals surface area contributed by atoms with Crippen LogP contribution in [0.1, 0.15) is 30.3 Å². The number of ether oxygens (including phenoxy) is 1. The van der Waals surface area contributed by atoms with Gasteiger partial charge in [0, 0.05) is 56.3 Å². The first-order chi connectivity index (χ1) is 21.4. The number of nitrogens with one attached hydrogen (secondary N) is 2. The number of para-hydroxylation sites is 1. The number of urea groups is 1. The van der Waals surface area contributed by atoms with Crippen LogP contribution in [0.3, 0.4) is 0 Å². The van der Waals surface area contributed by atoms with E-state index in [2.05, 4.69) is 38.3 Å². The molecule has 10 nitrogen and oxygen atoms in total. The quantitative estimate of drug-likeness (QED) is 0.240. The maximum Gasteiger partial charge on any atom is 0.320 e. The van der Waals surface area contributed by atoms with E-state index in [9.17, 15) is 14.3 Å². The van der Waals surface area contributed by atoms with Gasteiger partial charge in [0.2, 0.25) is 0 Å². The molecule has 0 bridgehead atoms. The molecule has 0 spiro atoms. The first-order valence-electron chi connectivity index (χ1n) is 14.4. The topological polar surface area (TPSA) is 117 Å². The van der Waals surface area contributed by atoms with Crippen molar-refractivity contribution in [1.82, 2.24) is 30.0 Å². The Morgan fingerprint density at radius 2 is 1.86 bits per heavy atom. The fourth-order valence-electron chi connectivity index (χ4n) is 4.69. The fraction of sp³-hybridized carbons (Fsp3) is 0.333. The molecule has 3 N–H and O–H groups in total. The van der Waals surface area contributed by atoms with Crippen LogP contribution in [0.5, 0.6) is 0 Å². The summed E-state index contributed by atoms with van der Waals surface area (Å²) in [7, 11) is 1.69. The van der Waals surface area contributed by atoms with Gasteiger partial charge in [-0.25, -0.2) is 23.8 Å². The maximum atomic E-state index is 12.9. The van der Waals surface area contributed by atoms with Crippen molar-refractivity contribution in [3.63, 3.8) is 0 Å². The van der Waals surface area contributed by atoms with Crippen LogP contribution in [0.4, 0.5) is 15.0 Å². The van der Waals surface area contributed by atoms with E-state index in [1.54, 1.807) is 36.3 Å². The van der Waals surface area contributed by atoms with E-state index in [0.29, 0.717) is 29.5 Å². The summed E-state index contributed by atoms with van der Waals surface area (Å²) >= 11 is 0. The summed E-state index contributed by atoms with van der Waals surface area (Å²) in [5.74, 6) is 0.774. The minimum absolute atomic E-state index is 0.0779. The fourth-order valence-corrected chi connectivity index (χ4v) is 4.69. The Hall–Kier alpha value is -4.63. The van der Waals surface area contributed by atoms with E-state index in [1.165, 1.54) is 6.07 Å². The number of amides is 2. The lowest BCUT2D eigenvalue weighted by Gasteiger charge is -2.17. The van der Waals surface area contributed by atoms with E-state index in [0.717, 1.165) is 49.3 Å². The van der Waals surface area contributed by atoms with Crippen LogP contribution in [0.2, 0.25) is 0 Å². The molecule has 1 fully saturated rings. The molecular formula is C33H40FN7O3. The zero-order valence-corrected chi connectivity index (χ0v) is 25.4. The molecule has 1 aliphatic rings. The van der Waals surface area contributed by atoms with Crippen molar-refractivity contribution in [2.24, 2.45) is 0 Å². The van der Waals surface area contributed by atoms with E-state index in [-0.39, 0.29) is 24.5 Å². The maximum absolute atomic E-state index is 12.9. The predicted molar refractivity (Wildman–Crippen MR) is 170 cm³/mol. The van der Waals surface area contributed by atoms with Crippen LogP contribution in [0.15, 0.2) is 67.0 Å². The van der Waals surface area contributed by atoms with Crippen molar-refractivity contribution in [3.8, 4) is 29.8 Å². The number of carbonyl (C=O) groups is 1. The van der Waals surface area contributed by atoms with E-state index < -0.39 is 0 Å². The zero-order chi connectivity index (χ0) is 31.9. The average Bonchev–Trinajstić information content (AvgIpc) is 3.65. The van der Waals surface area contributed by atoms with Gasteiger partial charge in [-0.05, 0) is 49.6 Å². The molecule has 44 heavy (non-hydrogen) atoms. The first-order valence-corrected chi connectivity index (χ1v) is 14.4. The molecule has 0 unspecified atom stereocenters. The molecule has 0 saturated carbocycles. The smallest absolute Gasteiger partial charge is 0.320 e. The monoisotopic (exact) mass is 601 g/mol. The summed E-state index contributed by atoms with van der Waals surface area (Å²) in [5, 5.41) is 20.0. The number of nitrogens with zero attached hydrogens (tertiary/aromatic N) is 5. The van der Waals surface area contributed by atoms with Crippen LogP contribution >= 0.6 is 0 Å². The molecule has 1 saturated heterocycles. The van der Waals surface area contributed by atoms with Crippen molar-refractivity contribution < 1.29 is 19.0 Å². The molecule has 4 aromatic rings. The first kappa shape index (κ1) is 33.9. The highest BCUT2D eigenvalue weighted by molar-refractivity contribution is 5.91. The Balaban J connectivity index is 0.000000409. The van der Waals surface area contributed by atoms with Gasteiger partial charge in [0.15, 0.2) is 5.82 Å². The summed E-state index contributed by atoms with van der Waals surface area (Å²) in [6.07, 6.45) is 13.0. The molecule has 2 aromatic carbocycles. The van der Waals surface area contributed by atoms with Crippen LogP contribution < -0.4 is 10.6 Å². The van der Waals surface area contributed by atoms with Gasteiger partial charge in [0.1, 0.15) is 23.9 Å². The molecule has 2 aromatic heterocycles. The molecule has 1 atom stereocenters. The molecule has 0 aliphatic carbocycles. The average molecular weight is 602 g/mol. The Morgan fingerprint density at radius 1 is 1.14 bits per heavy atom. The second-order valence-corrected chi connectivity index (χ2v) is 9.98. The number of halogens is 1. The third kappa shape index (κ3) is 9.44. The van der Waals surface area contributed by atoms with Crippen LogP contribution in [0.25, 0.3) is 16.9 Å². The van der Waals surface area contributed by atoms with E-state index in [1.807, 2.05) is 50.2 Å². The lowest BCUT2D eigenvalue weighted by atomic mass is 10.1. The number of hydrogen-bond donors (Lipinski definition) is 3. The number of methoxy groups -OCH3 is 1. The van der Waals surface area contributed by atoms with Gasteiger partial charge in [-0.3, -0.25) is 10.2 Å². The van der Waals surface area contributed by atoms with Gasteiger partial charge < -0.3 is 15.2 Å². The number of aliphatic hydroxyl groups excluding tert-OH is 1. The van der Waals surface area contributed by atoms with E-state index >= 15 is 0 Å². The Morgan fingerprint density at radius 3 is 2.48 bits per heavy atom. The molecule has 1 aliphatic heterocycles. The van der Waals surface area contributed by atoms with Crippen molar-refractivity contribution in [3.05, 3.63) is 89.8 Å². The van der Waals surface area contributed by atoms with Gasteiger partial charge in [0.05, 0.1) is 12.3 Å². The SMILES string of the molecule is C#C.CCc1cccc(F)c1.COCCN1CC[C@H](NC(=O)Nc2c(C)c(-c3cnc(CO)nc3)nn2-c2ccccc2)C1. The molecule has 232 valence electrons. The van der Waals surface area contributed by atoms with Crippen molar-refractivity contribution >= 4 is 11.8 Å². The Kier molecular flexibility index (Phi) is 13.5. The molecule has 0 radical (unpaired) electrons. The number of carbonyl (C=O) groups excluding carboxylic acids is 1. The summed E-state index contributed by atoms with van der Waals surface area (Å²) in [4.78, 5) is 23.5. The second kappa shape index (κ2) is 17.5. The van der Waals surface area contributed by atoms with Crippen molar-refractivity contribution in [2.45, 2.75) is 39.3 Å². The van der Waals surface area contributed by atoms with Gasteiger partial charge in [0.25, 0.3) is 0 Å². The molecular weight excluding hydrogens is 561 g/mol. The summed E-state index contributed by atoms with van der Waals surface area (Å²) in [5.41, 5.74) is 4.02. The van der Waals surface area contributed by atoms with Gasteiger partial charge >= 0.3 is 6.03 Å². The van der Waals surface area contributed by atoms with Gasteiger partial charge in [-0.2, -0.15) is 5.10 Å².